The SMILES string of the molecule is COc1ccc(OC)c(CNCC2CCSC2)c1. The van der Waals surface area contributed by atoms with Crippen molar-refractivity contribution in [3.05, 3.63) is 23.8 Å². The molecule has 1 aromatic carbocycles. The van der Waals surface area contributed by atoms with Crippen molar-refractivity contribution < 1.29 is 9.47 Å². The number of benzene rings is 1. The smallest absolute Gasteiger partial charge is 0.123 e. The highest BCUT2D eigenvalue weighted by Gasteiger charge is 2.15. The molecule has 0 spiro atoms. The van der Waals surface area contributed by atoms with Gasteiger partial charge in [0.2, 0.25) is 0 Å². The quantitative estimate of drug-likeness (QED) is 0.858. The van der Waals surface area contributed by atoms with Crippen LogP contribution in [0.25, 0.3) is 0 Å². The third-order valence-electron chi connectivity index (χ3n) is 3.26. The number of nitrogens with one attached hydrogen (secondary N) is 1. The van der Waals surface area contributed by atoms with Crippen molar-refractivity contribution in [2.45, 2.75) is 13.0 Å². The Kier molecular flexibility index (Phi) is 5.20. The highest BCUT2D eigenvalue weighted by molar-refractivity contribution is 7.99. The first kappa shape index (κ1) is 13.6. The molecule has 1 aliphatic rings. The monoisotopic (exact) mass is 267 g/mol. The van der Waals surface area contributed by atoms with Gasteiger partial charge >= 0.3 is 0 Å². The number of thioether (sulfide) groups is 1. The fourth-order valence-corrected chi connectivity index (χ4v) is 3.46. The lowest BCUT2D eigenvalue weighted by atomic mass is 10.1. The van der Waals surface area contributed by atoms with Crippen LogP contribution in [0.15, 0.2) is 18.2 Å². The third-order valence-corrected chi connectivity index (χ3v) is 4.49. The van der Waals surface area contributed by atoms with Crippen LogP contribution in [-0.2, 0) is 6.54 Å². The summed E-state index contributed by atoms with van der Waals surface area (Å²) in [5.41, 5.74) is 1.16. The molecule has 0 amide bonds. The number of methoxy groups -OCH3 is 2. The van der Waals surface area contributed by atoms with E-state index in [-0.39, 0.29) is 0 Å². The molecule has 1 aromatic rings. The Bertz CT molecular complexity index is 378. The number of hydrogen-bond donors (Lipinski definition) is 1. The van der Waals surface area contributed by atoms with Crippen molar-refractivity contribution in [2.75, 3.05) is 32.3 Å². The summed E-state index contributed by atoms with van der Waals surface area (Å²) in [4.78, 5) is 0. The molecule has 1 N–H and O–H groups in total. The molecule has 0 aliphatic carbocycles. The summed E-state index contributed by atoms with van der Waals surface area (Å²) in [5, 5.41) is 3.52. The van der Waals surface area contributed by atoms with Gasteiger partial charge < -0.3 is 14.8 Å². The average molecular weight is 267 g/mol. The fraction of sp³-hybridized carbons (Fsp3) is 0.571. The lowest BCUT2D eigenvalue weighted by molar-refractivity contribution is 0.396. The van der Waals surface area contributed by atoms with Gasteiger partial charge in [0.15, 0.2) is 0 Å². The maximum absolute atomic E-state index is 5.37. The van der Waals surface area contributed by atoms with E-state index in [1.165, 1.54) is 17.9 Å². The second kappa shape index (κ2) is 6.90. The Labute approximate surface area is 113 Å². The van der Waals surface area contributed by atoms with Gasteiger partial charge in [0, 0.05) is 12.1 Å². The van der Waals surface area contributed by atoms with E-state index >= 15 is 0 Å². The minimum Gasteiger partial charge on any atom is -0.497 e. The van der Waals surface area contributed by atoms with Crippen LogP contribution in [0.4, 0.5) is 0 Å². The summed E-state index contributed by atoms with van der Waals surface area (Å²) in [5.74, 6) is 5.23. The zero-order valence-electron chi connectivity index (χ0n) is 11.1. The van der Waals surface area contributed by atoms with Crippen LogP contribution in [0.2, 0.25) is 0 Å². The van der Waals surface area contributed by atoms with Crippen molar-refractivity contribution in [1.82, 2.24) is 5.32 Å². The molecule has 1 unspecified atom stereocenters. The largest absolute Gasteiger partial charge is 0.497 e. The van der Waals surface area contributed by atoms with Crippen LogP contribution >= 0.6 is 11.8 Å². The van der Waals surface area contributed by atoms with Gasteiger partial charge in [-0.05, 0) is 48.6 Å². The van der Waals surface area contributed by atoms with Crippen molar-refractivity contribution in [1.29, 1.82) is 0 Å². The van der Waals surface area contributed by atoms with Gasteiger partial charge in [-0.3, -0.25) is 0 Å². The summed E-state index contributed by atoms with van der Waals surface area (Å²) in [6.45, 7) is 1.93. The van der Waals surface area contributed by atoms with Crippen LogP contribution in [0.1, 0.15) is 12.0 Å². The molecule has 3 nitrogen and oxygen atoms in total. The van der Waals surface area contributed by atoms with E-state index in [1.54, 1.807) is 14.2 Å². The number of hydrogen-bond acceptors (Lipinski definition) is 4. The van der Waals surface area contributed by atoms with Crippen LogP contribution in [0.3, 0.4) is 0 Å². The number of rotatable bonds is 6. The summed E-state index contributed by atoms with van der Waals surface area (Å²) in [6.07, 6.45) is 1.34. The maximum Gasteiger partial charge on any atom is 0.123 e. The Morgan fingerprint density at radius 1 is 1.33 bits per heavy atom. The highest BCUT2D eigenvalue weighted by Crippen LogP contribution is 2.25. The topological polar surface area (TPSA) is 30.5 Å². The Morgan fingerprint density at radius 2 is 2.22 bits per heavy atom. The summed E-state index contributed by atoms with van der Waals surface area (Å²) in [7, 11) is 3.40. The van der Waals surface area contributed by atoms with Crippen molar-refractivity contribution in [2.24, 2.45) is 5.92 Å². The standard InChI is InChI=1S/C14H21NO2S/c1-16-13-3-4-14(17-2)12(7-13)9-15-8-11-5-6-18-10-11/h3-4,7,11,15H,5-6,8-10H2,1-2H3. The predicted octanol–water partition coefficient (Wildman–Crippen LogP) is 2.55. The van der Waals surface area contributed by atoms with Crippen LogP contribution in [0.5, 0.6) is 11.5 Å². The minimum atomic E-state index is 0.826. The number of ether oxygens (including phenoxy) is 2. The second-order valence-corrected chi connectivity index (χ2v) is 5.69. The van der Waals surface area contributed by atoms with Crippen LogP contribution < -0.4 is 14.8 Å². The van der Waals surface area contributed by atoms with Crippen molar-refractivity contribution in [3.8, 4) is 11.5 Å². The van der Waals surface area contributed by atoms with Crippen molar-refractivity contribution >= 4 is 11.8 Å². The fourth-order valence-electron chi connectivity index (χ4n) is 2.18. The Hall–Kier alpha value is -0.870. The molecule has 100 valence electrons. The average Bonchev–Trinajstić information content (AvgIpc) is 2.92. The zero-order valence-corrected chi connectivity index (χ0v) is 11.9. The molecule has 1 fully saturated rings. The normalized spacial score (nSPS) is 18.9. The van der Waals surface area contributed by atoms with Gasteiger partial charge in [-0.25, -0.2) is 0 Å². The minimum absolute atomic E-state index is 0.826. The highest BCUT2D eigenvalue weighted by atomic mass is 32.2. The predicted molar refractivity (Wildman–Crippen MR) is 76.7 cm³/mol. The van der Waals surface area contributed by atoms with E-state index in [1.807, 2.05) is 18.2 Å². The molecule has 1 atom stereocenters. The first-order valence-corrected chi connectivity index (χ1v) is 7.48. The molecule has 1 aliphatic heterocycles. The molecule has 0 radical (unpaired) electrons. The summed E-state index contributed by atoms with van der Waals surface area (Å²) >= 11 is 2.06. The lowest BCUT2D eigenvalue weighted by Gasteiger charge is -2.13. The molecule has 2 rings (SSSR count). The van der Waals surface area contributed by atoms with Gasteiger partial charge in [0.25, 0.3) is 0 Å². The first-order valence-electron chi connectivity index (χ1n) is 6.33. The summed E-state index contributed by atoms with van der Waals surface area (Å²) < 4.78 is 10.6. The van der Waals surface area contributed by atoms with Crippen LogP contribution in [-0.4, -0.2) is 32.3 Å². The van der Waals surface area contributed by atoms with Gasteiger partial charge in [-0.1, -0.05) is 0 Å². The molecule has 0 aromatic heterocycles. The molecule has 0 saturated carbocycles. The molecule has 18 heavy (non-hydrogen) atoms. The molecule has 4 heteroatoms. The lowest BCUT2D eigenvalue weighted by Crippen LogP contribution is -2.22. The van der Waals surface area contributed by atoms with Crippen LogP contribution in [0, 0.1) is 5.92 Å². The van der Waals surface area contributed by atoms with E-state index in [9.17, 15) is 0 Å². The van der Waals surface area contributed by atoms with Gasteiger partial charge in [0.1, 0.15) is 11.5 Å². The maximum atomic E-state index is 5.37. The Morgan fingerprint density at radius 3 is 2.89 bits per heavy atom. The van der Waals surface area contributed by atoms with Gasteiger partial charge in [0.05, 0.1) is 14.2 Å². The third kappa shape index (κ3) is 3.56. The Balaban J connectivity index is 1.89. The molecular formula is C14H21NO2S. The summed E-state index contributed by atoms with van der Waals surface area (Å²) in [6, 6.07) is 5.92. The molecule has 0 bridgehead atoms. The van der Waals surface area contributed by atoms with E-state index in [2.05, 4.69) is 17.1 Å². The molecule has 1 saturated heterocycles. The zero-order chi connectivity index (χ0) is 12.8. The van der Waals surface area contributed by atoms with E-state index in [0.717, 1.165) is 36.1 Å². The second-order valence-electron chi connectivity index (χ2n) is 4.54. The van der Waals surface area contributed by atoms with E-state index in [4.69, 9.17) is 9.47 Å². The van der Waals surface area contributed by atoms with Crippen molar-refractivity contribution in [3.63, 3.8) is 0 Å². The van der Waals surface area contributed by atoms with E-state index in [0.29, 0.717) is 0 Å². The van der Waals surface area contributed by atoms with Gasteiger partial charge in [-0.15, -0.1) is 0 Å². The molecule has 1 heterocycles. The molecular weight excluding hydrogens is 246 g/mol. The first-order chi connectivity index (χ1) is 8.83. The van der Waals surface area contributed by atoms with E-state index < -0.39 is 0 Å². The van der Waals surface area contributed by atoms with Gasteiger partial charge in [-0.2, -0.15) is 11.8 Å².